The molecule has 6 heteroatoms. The van der Waals surface area contributed by atoms with Gasteiger partial charge in [0.15, 0.2) is 0 Å². The molecule has 4 aromatic rings. The third kappa shape index (κ3) is 8.47. The molecule has 0 N–H and O–H groups in total. The van der Waals surface area contributed by atoms with E-state index in [9.17, 15) is 0 Å². The van der Waals surface area contributed by atoms with Crippen molar-refractivity contribution in [1.82, 2.24) is 0 Å². The van der Waals surface area contributed by atoms with E-state index in [1.807, 2.05) is 0 Å². The molecule has 0 aliphatic carbocycles. The van der Waals surface area contributed by atoms with E-state index in [2.05, 4.69) is 121 Å². The van der Waals surface area contributed by atoms with E-state index in [1.54, 1.807) is 0 Å². The van der Waals surface area contributed by atoms with Crippen molar-refractivity contribution in [2.75, 3.05) is 12.3 Å². The number of hydrogen-bond acceptors (Lipinski definition) is 0. The van der Waals surface area contributed by atoms with Crippen LogP contribution in [0, 0.1) is 0 Å². The molecule has 0 unspecified atom stereocenters. The van der Waals surface area contributed by atoms with Crippen LogP contribution in [0.25, 0.3) is 0 Å². The van der Waals surface area contributed by atoms with E-state index in [-0.39, 0.29) is 0 Å². The molecule has 4 aromatic carbocycles. The minimum absolute atomic E-state index is 0.783. The molecule has 0 heterocycles. The second-order valence-electron chi connectivity index (χ2n) is 7.06. The first kappa shape index (κ1) is 25.7. The van der Waals surface area contributed by atoms with Gasteiger partial charge in [0.05, 0.1) is 37.1 Å². The van der Waals surface area contributed by atoms with Crippen molar-refractivity contribution >= 4 is 67.6 Å². The van der Waals surface area contributed by atoms with E-state index in [1.165, 1.54) is 33.5 Å². The minimum atomic E-state index is -1.04. The van der Waals surface area contributed by atoms with E-state index >= 15 is 0 Å². The van der Waals surface area contributed by atoms with Gasteiger partial charge < -0.3 is 0 Å². The fraction of sp³-hybridized carbons (Fsp3) is 0.0769. The van der Waals surface area contributed by atoms with Gasteiger partial charge in [0.25, 0.3) is 0 Å². The molecule has 0 bridgehead atoms. The molecule has 32 heavy (non-hydrogen) atoms. The van der Waals surface area contributed by atoms with Crippen LogP contribution < -0.4 is 21.2 Å². The minimum Gasteiger partial charge on any atom is -0.0620 e. The summed E-state index contributed by atoms with van der Waals surface area (Å²) in [5.74, 6) is 0. The van der Waals surface area contributed by atoms with Crippen molar-refractivity contribution in [1.29, 1.82) is 0 Å². The molecule has 4 rings (SSSR count). The zero-order chi connectivity index (χ0) is 22.6. The second kappa shape index (κ2) is 14.4. The molecule has 169 valence electrons. The summed E-state index contributed by atoms with van der Waals surface area (Å²) in [5, 5.41) is 6.06. The average molecular weight is 565 g/mol. The first-order valence-electron chi connectivity index (χ1n) is 10.2. The summed E-state index contributed by atoms with van der Waals surface area (Å²) < 4.78 is 0. The largest absolute Gasteiger partial charge is 0.101 e. The summed E-state index contributed by atoms with van der Waals surface area (Å²) in [4.78, 5) is 0. The van der Waals surface area contributed by atoms with Crippen LogP contribution in [-0.4, -0.2) is 12.3 Å². The zero-order valence-electron chi connectivity index (χ0n) is 17.4. The third-order valence-corrected chi connectivity index (χ3v) is 11.2. The third-order valence-electron chi connectivity index (χ3n) is 5.11. The van der Waals surface area contributed by atoms with Gasteiger partial charge in [-0.15, -0.1) is 0 Å². The molecule has 0 aliphatic rings. The summed E-state index contributed by atoms with van der Waals surface area (Å²) in [6, 6.07) is 44.5. The van der Waals surface area contributed by atoms with E-state index in [4.69, 9.17) is 30.6 Å². The maximum atomic E-state index is 4.85. The molecule has 0 saturated carbocycles. The Balaban J connectivity index is 0.000000668. The monoisotopic (exact) mass is 563 g/mol. The van der Waals surface area contributed by atoms with Crippen molar-refractivity contribution in [3.63, 3.8) is 0 Å². The number of hydrogen-bond donors (Lipinski definition) is 0. The molecule has 0 nitrogen and oxygen atoms in total. The van der Waals surface area contributed by atoms with Crippen LogP contribution in [0.2, 0.25) is 0 Å². The molecule has 0 saturated heterocycles. The Kier molecular flexibility index (Phi) is 11.6. The number of halogens is 3. The molecule has 0 radical (unpaired) electrons. The molecule has 0 atom stereocenters. The number of rotatable bonds is 7. The van der Waals surface area contributed by atoms with Gasteiger partial charge in [0, 0.05) is 0 Å². The van der Waals surface area contributed by atoms with Crippen LogP contribution in [0.15, 0.2) is 121 Å². The topological polar surface area (TPSA) is 0 Å². The molecule has 0 aliphatic heterocycles. The van der Waals surface area contributed by atoms with E-state index in [0.717, 1.165) is 0 Å². The van der Waals surface area contributed by atoms with Gasteiger partial charge in [-0.3, -0.25) is 0 Å². The first-order valence-corrected chi connectivity index (χ1v) is 17.7. The van der Waals surface area contributed by atoms with Gasteiger partial charge in [-0.25, -0.2) is 0 Å². The molecular formula is C26H26Cl3NiP2+2. The van der Waals surface area contributed by atoms with E-state index < -0.39 is 26.6 Å². The molecular weight excluding hydrogens is 539 g/mol. The number of benzene rings is 4. The Morgan fingerprint density at radius 1 is 0.406 bits per heavy atom. The van der Waals surface area contributed by atoms with Crippen LogP contribution in [0.4, 0.5) is 0 Å². The first-order chi connectivity index (χ1) is 15.6. The summed E-state index contributed by atoms with van der Waals surface area (Å²) in [6.45, 7) is 0. The summed E-state index contributed by atoms with van der Waals surface area (Å²) in [7, 11) is 11.9. The maximum Gasteiger partial charge on any atom is 0.101 e. The fourth-order valence-electron chi connectivity index (χ4n) is 3.72. The average Bonchev–Trinajstić information content (AvgIpc) is 2.84. The Hall–Kier alpha value is -0.896. The molecule has 0 aromatic heterocycles. The van der Waals surface area contributed by atoms with Gasteiger partial charge in [0.2, 0.25) is 0 Å². The predicted octanol–water partition coefficient (Wildman–Crippen LogP) is 6.78. The van der Waals surface area contributed by atoms with Crippen molar-refractivity contribution in [3.05, 3.63) is 121 Å². The van der Waals surface area contributed by atoms with Gasteiger partial charge in [-0.1, -0.05) is 72.8 Å². The summed E-state index contributed by atoms with van der Waals surface area (Å²) >= 11 is 0. The Morgan fingerprint density at radius 3 is 0.781 bits per heavy atom. The van der Waals surface area contributed by atoms with Crippen molar-refractivity contribution in [3.8, 4) is 0 Å². The van der Waals surface area contributed by atoms with Crippen molar-refractivity contribution in [2.45, 2.75) is 0 Å². The maximum absolute atomic E-state index is 4.85. The van der Waals surface area contributed by atoms with Crippen molar-refractivity contribution < 1.29 is 10.7 Å². The summed E-state index contributed by atoms with van der Waals surface area (Å²) in [6.07, 6.45) is 2.52. The van der Waals surface area contributed by atoms with Crippen molar-refractivity contribution in [2.24, 2.45) is 0 Å². The molecule has 0 fully saturated rings. The summed E-state index contributed by atoms with van der Waals surface area (Å²) in [5.41, 5.74) is 0. The molecule has 0 spiro atoms. The fourth-order valence-corrected chi connectivity index (χ4v) is 9.92. The SMILES string of the molecule is [Cl][Ni]([Cl])[Cl].c1ccc([PH+](CC[PH+](c2ccccc2)c2ccccc2)c2ccccc2)cc1. The van der Waals surface area contributed by atoms with Gasteiger partial charge >= 0.3 is 41.3 Å². The Bertz CT molecular complexity index is 855. The smallest absolute Gasteiger partial charge is 0.0620 e. The van der Waals surface area contributed by atoms with Crippen LogP contribution in [0.3, 0.4) is 0 Å². The zero-order valence-corrected chi connectivity index (χ0v) is 22.7. The van der Waals surface area contributed by atoms with E-state index in [0.29, 0.717) is 0 Å². The second-order valence-corrected chi connectivity index (χ2v) is 17.2. The Morgan fingerprint density at radius 2 is 0.594 bits per heavy atom. The standard InChI is InChI=1S/C26H24P2.3ClH.Ni/c1-5-13-23(14-6-1)27(24-15-7-2-8-16-24)21-22-28(25-17-9-3-10-18-25)26-19-11-4-12-20-26;;;;/h1-20H,21-22H2;3*1H;/q;;;;+3/p-1. The van der Waals surface area contributed by atoms with Crippen LogP contribution in [0.1, 0.15) is 0 Å². The predicted molar refractivity (Wildman–Crippen MR) is 148 cm³/mol. The molecule has 0 amide bonds. The van der Waals surface area contributed by atoms with Crippen LogP contribution in [-0.2, 0) is 10.7 Å². The van der Waals surface area contributed by atoms with Gasteiger partial charge in [-0.05, 0) is 48.5 Å². The van der Waals surface area contributed by atoms with Gasteiger partial charge in [0.1, 0.15) is 12.3 Å². The van der Waals surface area contributed by atoms with Crippen LogP contribution >= 0.6 is 46.4 Å². The van der Waals surface area contributed by atoms with Crippen LogP contribution in [0.5, 0.6) is 0 Å². The quantitative estimate of drug-likeness (QED) is 0.171. The van der Waals surface area contributed by atoms with Gasteiger partial charge in [-0.2, -0.15) is 0 Å². The Labute approximate surface area is 210 Å². The normalized spacial score (nSPS) is 11.1.